The van der Waals surface area contributed by atoms with Crippen molar-refractivity contribution in [2.75, 3.05) is 6.54 Å². The molecule has 0 saturated carbocycles. The molecule has 100 valence electrons. The second-order valence-electron chi connectivity index (χ2n) is 5.20. The van der Waals surface area contributed by atoms with Gasteiger partial charge in [0.1, 0.15) is 0 Å². The van der Waals surface area contributed by atoms with E-state index < -0.39 is 11.9 Å². The van der Waals surface area contributed by atoms with Gasteiger partial charge >= 0.3 is 0 Å². The van der Waals surface area contributed by atoms with E-state index in [0.29, 0.717) is 24.3 Å². The van der Waals surface area contributed by atoms with E-state index in [-0.39, 0.29) is 5.56 Å². The van der Waals surface area contributed by atoms with Gasteiger partial charge in [-0.05, 0) is 29.9 Å². The molecule has 0 atom stereocenters. The molecule has 1 amide bonds. The van der Waals surface area contributed by atoms with Crippen LogP contribution in [0.3, 0.4) is 0 Å². The number of hydrogen-bond donors (Lipinski definition) is 1. The van der Waals surface area contributed by atoms with Crippen molar-refractivity contribution in [3.8, 4) is 0 Å². The summed E-state index contributed by atoms with van der Waals surface area (Å²) in [7, 11) is 0. The smallest absolute Gasteiger partial charge is 0.255 e. The standard InChI is InChI=1S/C14H21FN2O/c1-9(2)12(10(3)4)8-17-14(18)11-6-5-7-16-13(11)15/h5-7,9-10,12H,8H2,1-4H3,(H,17,18). The molecule has 1 heterocycles. The van der Waals surface area contributed by atoms with Crippen molar-refractivity contribution in [1.82, 2.24) is 10.3 Å². The Hall–Kier alpha value is -1.45. The minimum absolute atomic E-state index is 0.00348. The average molecular weight is 252 g/mol. The SMILES string of the molecule is CC(C)C(CNC(=O)c1cccnc1F)C(C)C. The highest BCUT2D eigenvalue weighted by Crippen LogP contribution is 2.19. The zero-order valence-electron chi connectivity index (χ0n) is 11.4. The number of halogens is 1. The van der Waals surface area contributed by atoms with Crippen LogP contribution in [0.4, 0.5) is 4.39 Å². The van der Waals surface area contributed by atoms with Crippen LogP contribution < -0.4 is 5.32 Å². The number of aromatic nitrogens is 1. The minimum Gasteiger partial charge on any atom is -0.352 e. The highest BCUT2D eigenvalue weighted by Gasteiger charge is 2.19. The molecule has 0 aliphatic heterocycles. The van der Waals surface area contributed by atoms with E-state index in [1.807, 2.05) is 0 Å². The summed E-state index contributed by atoms with van der Waals surface area (Å²) in [5.41, 5.74) is 0.00348. The molecule has 0 radical (unpaired) electrons. The van der Waals surface area contributed by atoms with Gasteiger partial charge in [0, 0.05) is 12.7 Å². The third-order valence-corrected chi connectivity index (χ3v) is 3.21. The Labute approximate surface area is 108 Å². The predicted octanol–water partition coefficient (Wildman–Crippen LogP) is 2.88. The Bertz CT molecular complexity index is 397. The Balaban J connectivity index is 2.64. The van der Waals surface area contributed by atoms with Crippen molar-refractivity contribution in [3.63, 3.8) is 0 Å². The van der Waals surface area contributed by atoms with Crippen molar-refractivity contribution in [2.45, 2.75) is 27.7 Å². The number of pyridine rings is 1. The summed E-state index contributed by atoms with van der Waals surface area (Å²) in [6.07, 6.45) is 1.33. The first-order valence-electron chi connectivity index (χ1n) is 6.32. The van der Waals surface area contributed by atoms with Crippen LogP contribution in [0.5, 0.6) is 0 Å². The first-order valence-corrected chi connectivity index (χ1v) is 6.32. The van der Waals surface area contributed by atoms with Gasteiger partial charge in [-0.1, -0.05) is 27.7 Å². The number of amides is 1. The summed E-state index contributed by atoms with van der Waals surface area (Å²) in [4.78, 5) is 15.3. The number of nitrogens with zero attached hydrogens (tertiary/aromatic N) is 1. The zero-order chi connectivity index (χ0) is 13.7. The average Bonchev–Trinajstić information content (AvgIpc) is 2.28. The molecule has 18 heavy (non-hydrogen) atoms. The molecule has 0 aliphatic rings. The van der Waals surface area contributed by atoms with Gasteiger partial charge in [0.25, 0.3) is 5.91 Å². The molecule has 0 unspecified atom stereocenters. The topological polar surface area (TPSA) is 42.0 Å². The van der Waals surface area contributed by atoms with Crippen molar-refractivity contribution < 1.29 is 9.18 Å². The van der Waals surface area contributed by atoms with Gasteiger partial charge in [-0.3, -0.25) is 4.79 Å². The molecule has 1 rings (SSSR count). The fourth-order valence-corrected chi connectivity index (χ4v) is 2.10. The maximum atomic E-state index is 13.3. The highest BCUT2D eigenvalue weighted by atomic mass is 19.1. The van der Waals surface area contributed by atoms with E-state index in [4.69, 9.17) is 0 Å². The van der Waals surface area contributed by atoms with Crippen LogP contribution in [-0.2, 0) is 0 Å². The van der Waals surface area contributed by atoms with E-state index in [0.717, 1.165) is 0 Å². The third-order valence-electron chi connectivity index (χ3n) is 3.21. The first kappa shape index (κ1) is 14.6. The normalized spacial score (nSPS) is 11.3. The van der Waals surface area contributed by atoms with Crippen LogP contribution in [-0.4, -0.2) is 17.4 Å². The van der Waals surface area contributed by atoms with Crippen LogP contribution in [0.15, 0.2) is 18.3 Å². The van der Waals surface area contributed by atoms with Crippen LogP contribution in [0, 0.1) is 23.7 Å². The fraction of sp³-hybridized carbons (Fsp3) is 0.571. The molecule has 1 N–H and O–H groups in total. The summed E-state index contributed by atoms with van der Waals surface area (Å²) in [6.45, 7) is 9.06. The van der Waals surface area contributed by atoms with Gasteiger partial charge in [-0.15, -0.1) is 0 Å². The number of hydrogen-bond acceptors (Lipinski definition) is 2. The van der Waals surface area contributed by atoms with Gasteiger partial charge in [0.2, 0.25) is 5.95 Å². The number of rotatable bonds is 5. The Morgan fingerprint density at radius 2 is 1.94 bits per heavy atom. The third kappa shape index (κ3) is 3.79. The fourth-order valence-electron chi connectivity index (χ4n) is 2.10. The molecule has 0 spiro atoms. The lowest BCUT2D eigenvalue weighted by atomic mass is 9.85. The molecular formula is C14H21FN2O. The second kappa shape index (κ2) is 6.47. The predicted molar refractivity (Wildman–Crippen MR) is 69.7 cm³/mol. The summed E-state index contributed by atoms with van der Waals surface area (Å²) in [6, 6.07) is 3.00. The molecule has 3 nitrogen and oxygen atoms in total. The Morgan fingerprint density at radius 1 is 1.33 bits per heavy atom. The highest BCUT2D eigenvalue weighted by molar-refractivity contribution is 5.94. The minimum atomic E-state index is -0.722. The summed E-state index contributed by atoms with van der Waals surface area (Å²) in [5.74, 6) is 0.217. The molecule has 0 aliphatic carbocycles. The van der Waals surface area contributed by atoms with E-state index in [9.17, 15) is 9.18 Å². The molecular weight excluding hydrogens is 231 g/mol. The monoisotopic (exact) mass is 252 g/mol. The maximum absolute atomic E-state index is 13.3. The summed E-state index contributed by atoms with van der Waals surface area (Å²) >= 11 is 0. The Kier molecular flexibility index (Phi) is 5.25. The quantitative estimate of drug-likeness (QED) is 0.819. The lowest BCUT2D eigenvalue weighted by molar-refractivity contribution is 0.0932. The van der Waals surface area contributed by atoms with Gasteiger partial charge in [0.05, 0.1) is 5.56 Å². The van der Waals surface area contributed by atoms with E-state index in [1.165, 1.54) is 12.3 Å². The van der Waals surface area contributed by atoms with Gasteiger partial charge in [-0.25, -0.2) is 4.98 Å². The van der Waals surface area contributed by atoms with Crippen LogP contribution >= 0.6 is 0 Å². The number of carbonyl (C=O) groups excluding carboxylic acids is 1. The zero-order valence-corrected chi connectivity index (χ0v) is 11.4. The van der Waals surface area contributed by atoms with Gasteiger partial charge < -0.3 is 5.32 Å². The van der Waals surface area contributed by atoms with Crippen molar-refractivity contribution >= 4 is 5.91 Å². The van der Waals surface area contributed by atoms with E-state index in [1.54, 1.807) is 6.07 Å². The summed E-state index contributed by atoms with van der Waals surface area (Å²) < 4.78 is 13.3. The van der Waals surface area contributed by atoms with Crippen molar-refractivity contribution in [1.29, 1.82) is 0 Å². The van der Waals surface area contributed by atoms with Crippen molar-refractivity contribution in [3.05, 3.63) is 29.8 Å². The lowest BCUT2D eigenvalue weighted by Gasteiger charge is -2.25. The second-order valence-corrected chi connectivity index (χ2v) is 5.20. The van der Waals surface area contributed by atoms with E-state index in [2.05, 4.69) is 38.0 Å². The number of carbonyl (C=O) groups is 1. The van der Waals surface area contributed by atoms with E-state index >= 15 is 0 Å². The lowest BCUT2D eigenvalue weighted by Crippen LogP contribution is -2.34. The molecule has 1 aromatic rings. The molecule has 0 saturated heterocycles. The number of nitrogens with one attached hydrogen (secondary N) is 1. The molecule has 0 bridgehead atoms. The van der Waals surface area contributed by atoms with Crippen LogP contribution in [0.25, 0.3) is 0 Å². The van der Waals surface area contributed by atoms with Gasteiger partial charge in [0.15, 0.2) is 0 Å². The molecule has 0 fully saturated rings. The molecule has 1 aromatic heterocycles. The Morgan fingerprint density at radius 3 is 2.44 bits per heavy atom. The van der Waals surface area contributed by atoms with Crippen LogP contribution in [0.2, 0.25) is 0 Å². The van der Waals surface area contributed by atoms with Crippen LogP contribution in [0.1, 0.15) is 38.1 Å². The van der Waals surface area contributed by atoms with Gasteiger partial charge in [-0.2, -0.15) is 4.39 Å². The van der Waals surface area contributed by atoms with Crippen molar-refractivity contribution in [2.24, 2.45) is 17.8 Å². The first-order chi connectivity index (χ1) is 8.43. The molecule has 4 heteroatoms. The maximum Gasteiger partial charge on any atom is 0.255 e. The largest absolute Gasteiger partial charge is 0.352 e. The molecule has 0 aromatic carbocycles. The summed E-state index contributed by atoms with van der Waals surface area (Å²) in [5, 5.41) is 2.78.